The molecule has 20 heavy (non-hydrogen) atoms. The summed E-state index contributed by atoms with van der Waals surface area (Å²) in [5.74, 6) is 0.543. The van der Waals surface area contributed by atoms with E-state index in [0.29, 0.717) is 5.92 Å². The lowest BCUT2D eigenvalue weighted by atomic mass is 9.92. The van der Waals surface area contributed by atoms with Crippen LogP contribution in [-0.4, -0.2) is 25.8 Å². The number of hydrogen-bond donors (Lipinski definition) is 1. The predicted octanol–water partition coefficient (Wildman–Crippen LogP) is 4.74. The Hall–Kier alpha value is -0.380. The predicted molar refractivity (Wildman–Crippen MR) is 90.4 cm³/mol. The molecule has 0 aromatic heterocycles. The molecule has 0 bridgehead atoms. The molecule has 1 rings (SSSR count). The van der Waals surface area contributed by atoms with Crippen LogP contribution in [0.3, 0.4) is 0 Å². The summed E-state index contributed by atoms with van der Waals surface area (Å²) in [5, 5.41) is 3.64. The molecule has 0 aliphatic rings. The van der Waals surface area contributed by atoms with Gasteiger partial charge in [0.1, 0.15) is 0 Å². The Bertz CT molecular complexity index is 387. The Balaban J connectivity index is 2.66. The average Bonchev–Trinajstić information content (AvgIpc) is 2.38. The van der Waals surface area contributed by atoms with Crippen LogP contribution >= 0.6 is 15.9 Å². The van der Waals surface area contributed by atoms with Gasteiger partial charge in [-0.05, 0) is 51.2 Å². The van der Waals surface area contributed by atoms with Gasteiger partial charge in [-0.3, -0.25) is 0 Å². The van der Waals surface area contributed by atoms with Crippen LogP contribution in [0.4, 0.5) is 0 Å². The highest BCUT2D eigenvalue weighted by atomic mass is 79.9. The number of unbranched alkanes of at least 4 members (excludes halogenated alkanes) is 1. The van der Waals surface area contributed by atoms with Gasteiger partial charge in [-0.2, -0.15) is 0 Å². The molecule has 0 fully saturated rings. The molecule has 0 radical (unpaired) electrons. The minimum absolute atomic E-state index is 0.159. The fourth-order valence-electron chi connectivity index (χ4n) is 2.24. The first kappa shape index (κ1) is 17.7. The number of hydrogen-bond acceptors (Lipinski definition) is 2. The Labute approximate surface area is 132 Å². The van der Waals surface area contributed by atoms with E-state index in [4.69, 9.17) is 4.74 Å². The molecule has 0 saturated heterocycles. The summed E-state index contributed by atoms with van der Waals surface area (Å²) in [4.78, 5) is 0. The quantitative estimate of drug-likeness (QED) is 0.689. The van der Waals surface area contributed by atoms with Crippen LogP contribution in [-0.2, 0) is 4.74 Å². The zero-order valence-corrected chi connectivity index (χ0v) is 14.8. The van der Waals surface area contributed by atoms with Gasteiger partial charge in [-0.15, -0.1) is 0 Å². The molecule has 0 heterocycles. The largest absolute Gasteiger partial charge is 0.385 e. The molecule has 0 spiro atoms. The van der Waals surface area contributed by atoms with Crippen molar-refractivity contribution in [1.29, 1.82) is 0 Å². The molecule has 3 heteroatoms. The fraction of sp³-hybridized carbons (Fsp3) is 0.647. The average molecular weight is 342 g/mol. The molecule has 0 amide bonds. The maximum Gasteiger partial charge on any atom is 0.0462 e. The third kappa shape index (κ3) is 6.87. The van der Waals surface area contributed by atoms with Crippen LogP contribution in [0.15, 0.2) is 28.7 Å². The Morgan fingerprint density at radius 2 is 1.90 bits per heavy atom. The van der Waals surface area contributed by atoms with E-state index >= 15 is 0 Å². The molecule has 1 N–H and O–H groups in total. The minimum Gasteiger partial charge on any atom is -0.385 e. The van der Waals surface area contributed by atoms with Crippen molar-refractivity contribution in [3.63, 3.8) is 0 Å². The van der Waals surface area contributed by atoms with Gasteiger partial charge in [-0.1, -0.05) is 40.5 Å². The third-order valence-corrected chi connectivity index (χ3v) is 4.10. The van der Waals surface area contributed by atoms with Crippen molar-refractivity contribution in [2.75, 3.05) is 20.3 Å². The van der Waals surface area contributed by atoms with Crippen molar-refractivity contribution in [2.24, 2.45) is 0 Å². The molecule has 1 unspecified atom stereocenters. The van der Waals surface area contributed by atoms with E-state index in [1.165, 1.54) is 22.9 Å². The monoisotopic (exact) mass is 341 g/mol. The third-order valence-electron chi connectivity index (χ3n) is 3.37. The number of methoxy groups -OCH3 is 1. The summed E-state index contributed by atoms with van der Waals surface area (Å²) in [5.41, 5.74) is 1.56. The van der Waals surface area contributed by atoms with Crippen molar-refractivity contribution < 1.29 is 4.74 Å². The maximum absolute atomic E-state index is 5.14. The lowest BCUT2D eigenvalue weighted by Gasteiger charge is -2.26. The van der Waals surface area contributed by atoms with Crippen molar-refractivity contribution >= 4 is 15.9 Å². The van der Waals surface area contributed by atoms with E-state index in [2.05, 4.69) is 66.3 Å². The summed E-state index contributed by atoms with van der Waals surface area (Å²) >= 11 is 3.69. The van der Waals surface area contributed by atoms with Gasteiger partial charge in [0.15, 0.2) is 0 Å². The number of halogens is 1. The summed E-state index contributed by atoms with van der Waals surface area (Å²) in [7, 11) is 1.77. The van der Waals surface area contributed by atoms with Crippen molar-refractivity contribution in [3.8, 4) is 0 Å². The molecular weight excluding hydrogens is 314 g/mol. The summed E-state index contributed by atoms with van der Waals surface area (Å²) in [6.07, 6.45) is 3.52. The standard InChI is InChI=1S/C17H28BrNO/c1-17(2,3)19-13-14(9-7-8-12-20-4)15-10-5-6-11-16(15)18/h5-6,10-11,14,19H,7-9,12-13H2,1-4H3. The van der Waals surface area contributed by atoms with Gasteiger partial charge in [0.25, 0.3) is 0 Å². The van der Waals surface area contributed by atoms with Crippen LogP contribution in [0.25, 0.3) is 0 Å². The van der Waals surface area contributed by atoms with E-state index in [1.807, 2.05) is 0 Å². The summed E-state index contributed by atoms with van der Waals surface area (Å²) < 4.78 is 6.36. The van der Waals surface area contributed by atoms with E-state index < -0.39 is 0 Å². The SMILES string of the molecule is COCCCCC(CNC(C)(C)C)c1ccccc1Br. The van der Waals surface area contributed by atoms with Crippen LogP contribution in [0.5, 0.6) is 0 Å². The molecule has 0 aliphatic carbocycles. The zero-order valence-electron chi connectivity index (χ0n) is 13.2. The Morgan fingerprint density at radius 1 is 1.20 bits per heavy atom. The first-order valence-corrected chi connectivity index (χ1v) is 8.21. The Morgan fingerprint density at radius 3 is 2.50 bits per heavy atom. The van der Waals surface area contributed by atoms with Gasteiger partial charge in [0.05, 0.1) is 0 Å². The molecule has 1 atom stereocenters. The maximum atomic E-state index is 5.14. The van der Waals surface area contributed by atoms with Gasteiger partial charge in [0, 0.05) is 30.3 Å². The first-order chi connectivity index (χ1) is 9.44. The second kappa shape index (κ2) is 8.81. The van der Waals surface area contributed by atoms with Crippen molar-refractivity contribution in [1.82, 2.24) is 5.32 Å². The summed E-state index contributed by atoms with van der Waals surface area (Å²) in [6.45, 7) is 8.52. The van der Waals surface area contributed by atoms with E-state index in [-0.39, 0.29) is 5.54 Å². The second-order valence-electron chi connectivity index (χ2n) is 6.34. The number of ether oxygens (including phenoxy) is 1. The van der Waals surface area contributed by atoms with Gasteiger partial charge in [-0.25, -0.2) is 0 Å². The molecule has 1 aromatic carbocycles. The molecule has 0 aliphatic heterocycles. The molecular formula is C17H28BrNO. The highest BCUT2D eigenvalue weighted by molar-refractivity contribution is 9.10. The lowest BCUT2D eigenvalue weighted by molar-refractivity contribution is 0.191. The normalized spacial score (nSPS) is 13.4. The van der Waals surface area contributed by atoms with Crippen molar-refractivity contribution in [3.05, 3.63) is 34.3 Å². The van der Waals surface area contributed by atoms with Crippen LogP contribution in [0.2, 0.25) is 0 Å². The number of nitrogens with one attached hydrogen (secondary N) is 1. The molecule has 1 aromatic rings. The number of benzene rings is 1. The topological polar surface area (TPSA) is 21.3 Å². The Kier molecular flexibility index (Phi) is 7.78. The van der Waals surface area contributed by atoms with E-state index in [1.54, 1.807) is 7.11 Å². The smallest absolute Gasteiger partial charge is 0.0462 e. The van der Waals surface area contributed by atoms with E-state index in [9.17, 15) is 0 Å². The lowest BCUT2D eigenvalue weighted by Crippen LogP contribution is -2.38. The molecule has 0 saturated carbocycles. The van der Waals surface area contributed by atoms with Gasteiger partial charge < -0.3 is 10.1 Å². The molecule has 2 nitrogen and oxygen atoms in total. The van der Waals surface area contributed by atoms with Crippen LogP contribution < -0.4 is 5.32 Å². The van der Waals surface area contributed by atoms with E-state index in [0.717, 1.165) is 19.6 Å². The fourth-order valence-corrected chi connectivity index (χ4v) is 2.85. The number of rotatable bonds is 8. The first-order valence-electron chi connectivity index (χ1n) is 7.42. The van der Waals surface area contributed by atoms with Crippen LogP contribution in [0.1, 0.15) is 51.5 Å². The minimum atomic E-state index is 0.159. The second-order valence-corrected chi connectivity index (χ2v) is 7.19. The highest BCUT2D eigenvalue weighted by Crippen LogP contribution is 2.28. The molecule has 114 valence electrons. The zero-order chi connectivity index (χ0) is 15.0. The van der Waals surface area contributed by atoms with Gasteiger partial charge in [0.2, 0.25) is 0 Å². The highest BCUT2D eigenvalue weighted by Gasteiger charge is 2.17. The van der Waals surface area contributed by atoms with Gasteiger partial charge >= 0.3 is 0 Å². The van der Waals surface area contributed by atoms with Crippen molar-refractivity contribution in [2.45, 2.75) is 51.5 Å². The summed E-state index contributed by atoms with van der Waals surface area (Å²) in [6, 6.07) is 8.57. The van der Waals surface area contributed by atoms with Crippen LogP contribution in [0, 0.1) is 0 Å².